The number of nitrogens with one attached hydrogen (secondary N) is 1. The molecule has 6 heteroatoms. The number of hydrogen-bond acceptors (Lipinski definition) is 5. The number of sulfone groups is 1. The van der Waals surface area contributed by atoms with Crippen LogP contribution >= 0.6 is 0 Å². The molecule has 1 rings (SSSR count). The van der Waals surface area contributed by atoms with E-state index < -0.39 is 9.84 Å². The predicted octanol–water partition coefficient (Wildman–Crippen LogP) is 0.312. The van der Waals surface area contributed by atoms with E-state index in [2.05, 4.69) is 15.3 Å². The fraction of sp³-hybridized carbons (Fsp3) is 0.429. The highest BCUT2D eigenvalue weighted by molar-refractivity contribution is 7.90. The second kappa shape index (κ2) is 3.69. The minimum atomic E-state index is -3.31. The van der Waals surface area contributed by atoms with Crippen molar-refractivity contribution >= 4 is 15.7 Å². The van der Waals surface area contributed by atoms with Crippen molar-refractivity contribution < 1.29 is 8.42 Å². The van der Waals surface area contributed by atoms with Crippen LogP contribution < -0.4 is 5.32 Å². The lowest BCUT2D eigenvalue weighted by molar-refractivity contribution is 0.593. The summed E-state index contributed by atoms with van der Waals surface area (Å²) < 4.78 is 22.1. The molecular weight excluding hydrogens is 190 g/mol. The van der Waals surface area contributed by atoms with Crippen molar-refractivity contribution in [2.45, 2.75) is 12.1 Å². The molecule has 0 aliphatic carbocycles. The zero-order valence-corrected chi connectivity index (χ0v) is 8.30. The highest BCUT2D eigenvalue weighted by atomic mass is 32.2. The number of aromatic nitrogens is 2. The molecule has 0 aliphatic rings. The fourth-order valence-electron chi connectivity index (χ4n) is 0.799. The summed E-state index contributed by atoms with van der Waals surface area (Å²) in [5.74, 6) is 0.526. The molecule has 0 unspecified atom stereocenters. The topological polar surface area (TPSA) is 72.0 Å². The van der Waals surface area contributed by atoms with E-state index in [9.17, 15) is 8.42 Å². The maximum Gasteiger partial charge on any atom is 0.248 e. The van der Waals surface area contributed by atoms with Gasteiger partial charge in [-0.05, 0) is 13.0 Å². The predicted molar refractivity (Wildman–Crippen MR) is 49.3 cm³/mol. The smallest absolute Gasteiger partial charge is 0.248 e. The first kappa shape index (κ1) is 9.91. The van der Waals surface area contributed by atoms with Crippen LogP contribution in [-0.2, 0) is 9.84 Å². The van der Waals surface area contributed by atoms with Crippen LogP contribution in [0.15, 0.2) is 17.4 Å². The lowest BCUT2D eigenvalue weighted by Crippen LogP contribution is -2.07. The lowest BCUT2D eigenvalue weighted by Gasteiger charge is -2.02. The summed E-state index contributed by atoms with van der Waals surface area (Å²) in [5.41, 5.74) is 0. The van der Waals surface area contributed by atoms with E-state index in [1.165, 1.54) is 6.20 Å². The number of rotatable bonds is 3. The molecule has 0 atom stereocenters. The van der Waals surface area contributed by atoms with Gasteiger partial charge < -0.3 is 5.32 Å². The van der Waals surface area contributed by atoms with Crippen molar-refractivity contribution in [3.63, 3.8) is 0 Å². The molecule has 0 saturated heterocycles. The highest BCUT2D eigenvalue weighted by Crippen LogP contribution is 2.05. The second-order valence-corrected chi connectivity index (χ2v) is 4.44. The number of hydrogen-bond donors (Lipinski definition) is 1. The Balaban J connectivity index is 3.06. The molecule has 0 bridgehead atoms. The third-order valence-electron chi connectivity index (χ3n) is 1.32. The van der Waals surface area contributed by atoms with Crippen LogP contribution in [0, 0.1) is 0 Å². The Morgan fingerprint density at radius 2 is 2.23 bits per heavy atom. The van der Waals surface area contributed by atoms with Crippen molar-refractivity contribution in [1.82, 2.24) is 9.97 Å². The van der Waals surface area contributed by atoms with Gasteiger partial charge >= 0.3 is 0 Å². The molecule has 5 nitrogen and oxygen atoms in total. The van der Waals surface area contributed by atoms with E-state index >= 15 is 0 Å². The van der Waals surface area contributed by atoms with Gasteiger partial charge in [-0.15, -0.1) is 0 Å². The third kappa shape index (κ3) is 2.66. The van der Waals surface area contributed by atoms with Crippen molar-refractivity contribution in [2.24, 2.45) is 0 Å². The summed E-state index contributed by atoms with van der Waals surface area (Å²) >= 11 is 0. The van der Waals surface area contributed by atoms with Gasteiger partial charge in [-0.1, -0.05) is 0 Å². The summed E-state index contributed by atoms with van der Waals surface area (Å²) in [7, 11) is -3.31. The summed E-state index contributed by atoms with van der Waals surface area (Å²) in [6.45, 7) is 2.60. The molecule has 0 spiro atoms. The Kier molecular flexibility index (Phi) is 2.82. The normalized spacial score (nSPS) is 11.2. The Labute approximate surface area is 77.1 Å². The molecule has 1 aromatic heterocycles. The lowest BCUT2D eigenvalue weighted by atomic mass is 10.6. The Morgan fingerprint density at radius 1 is 1.54 bits per heavy atom. The Hall–Kier alpha value is -1.17. The molecule has 1 aromatic rings. The molecule has 0 radical (unpaired) electrons. The fourth-order valence-corrected chi connectivity index (χ4v) is 1.32. The average Bonchev–Trinajstić information content (AvgIpc) is 2.04. The van der Waals surface area contributed by atoms with E-state index in [0.29, 0.717) is 12.4 Å². The molecule has 0 amide bonds. The van der Waals surface area contributed by atoms with Crippen LogP contribution in [0.5, 0.6) is 0 Å². The first-order chi connectivity index (χ1) is 6.04. The summed E-state index contributed by atoms with van der Waals surface area (Å²) in [6.07, 6.45) is 2.50. The quantitative estimate of drug-likeness (QED) is 0.713. The van der Waals surface area contributed by atoms with Crippen molar-refractivity contribution in [3.05, 3.63) is 12.3 Å². The molecule has 1 N–H and O–H groups in total. The second-order valence-electron chi connectivity index (χ2n) is 2.53. The van der Waals surface area contributed by atoms with E-state index in [-0.39, 0.29) is 5.16 Å². The van der Waals surface area contributed by atoms with Crippen LogP contribution in [0.25, 0.3) is 0 Å². The highest BCUT2D eigenvalue weighted by Gasteiger charge is 2.10. The molecule has 13 heavy (non-hydrogen) atoms. The minimum Gasteiger partial charge on any atom is -0.370 e. The van der Waals surface area contributed by atoms with Gasteiger partial charge in [0.05, 0.1) is 0 Å². The maximum atomic E-state index is 11.0. The van der Waals surface area contributed by atoms with Crippen LogP contribution in [-0.4, -0.2) is 31.2 Å². The molecule has 0 saturated carbocycles. The van der Waals surface area contributed by atoms with Gasteiger partial charge in [-0.2, -0.15) is 0 Å². The minimum absolute atomic E-state index is 0.147. The first-order valence-electron chi connectivity index (χ1n) is 3.81. The monoisotopic (exact) mass is 201 g/mol. The molecular formula is C7H11N3O2S. The van der Waals surface area contributed by atoms with Crippen molar-refractivity contribution in [3.8, 4) is 0 Å². The van der Waals surface area contributed by atoms with E-state index in [1.54, 1.807) is 6.07 Å². The average molecular weight is 201 g/mol. The van der Waals surface area contributed by atoms with E-state index in [0.717, 1.165) is 6.26 Å². The van der Waals surface area contributed by atoms with Crippen LogP contribution in [0.1, 0.15) is 6.92 Å². The van der Waals surface area contributed by atoms with Crippen LogP contribution in [0.3, 0.4) is 0 Å². The SMILES string of the molecule is CCNc1ccnc(S(C)(=O)=O)n1. The van der Waals surface area contributed by atoms with E-state index in [4.69, 9.17) is 0 Å². The molecule has 0 aromatic carbocycles. The van der Waals surface area contributed by atoms with Gasteiger partial charge in [0.1, 0.15) is 5.82 Å². The van der Waals surface area contributed by atoms with Crippen LogP contribution in [0.4, 0.5) is 5.82 Å². The maximum absolute atomic E-state index is 11.0. The third-order valence-corrected chi connectivity index (χ3v) is 2.18. The Morgan fingerprint density at radius 3 is 2.77 bits per heavy atom. The zero-order chi connectivity index (χ0) is 9.90. The molecule has 0 fully saturated rings. The summed E-state index contributed by atoms with van der Waals surface area (Å²) in [4.78, 5) is 7.48. The van der Waals surface area contributed by atoms with Gasteiger partial charge in [0.15, 0.2) is 0 Å². The van der Waals surface area contributed by atoms with Gasteiger partial charge in [0.25, 0.3) is 0 Å². The standard InChI is InChI=1S/C7H11N3O2S/c1-3-8-6-4-5-9-7(10-6)13(2,11)12/h4-5H,3H2,1-2H3,(H,8,9,10). The van der Waals surface area contributed by atoms with Crippen molar-refractivity contribution in [2.75, 3.05) is 18.1 Å². The molecule has 0 aliphatic heterocycles. The Bertz CT molecular complexity index is 388. The van der Waals surface area contributed by atoms with Gasteiger partial charge in [-0.3, -0.25) is 0 Å². The zero-order valence-electron chi connectivity index (χ0n) is 7.48. The largest absolute Gasteiger partial charge is 0.370 e. The van der Waals surface area contributed by atoms with Gasteiger partial charge in [0, 0.05) is 19.0 Å². The van der Waals surface area contributed by atoms with Gasteiger partial charge in [0.2, 0.25) is 15.0 Å². The number of nitrogens with zero attached hydrogens (tertiary/aromatic N) is 2. The summed E-state index contributed by atoms with van der Waals surface area (Å²) in [5, 5.41) is 2.76. The molecule has 1 heterocycles. The van der Waals surface area contributed by atoms with E-state index in [1.807, 2.05) is 6.92 Å². The first-order valence-corrected chi connectivity index (χ1v) is 5.70. The van der Waals surface area contributed by atoms with Gasteiger partial charge in [-0.25, -0.2) is 18.4 Å². The van der Waals surface area contributed by atoms with Crippen molar-refractivity contribution in [1.29, 1.82) is 0 Å². The summed E-state index contributed by atoms with van der Waals surface area (Å²) in [6, 6.07) is 1.62. The van der Waals surface area contributed by atoms with Crippen LogP contribution in [0.2, 0.25) is 0 Å². The number of anilines is 1. The molecule has 72 valence electrons.